The minimum atomic E-state index is -0.478. The molecule has 2 fully saturated rings. The molecular weight excluding hydrogens is 270 g/mol. The average molecular weight is 299 g/mol. The van der Waals surface area contributed by atoms with E-state index in [9.17, 15) is 4.79 Å². The van der Waals surface area contributed by atoms with Crippen LogP contribution in [-0.4, -0.2) is 35.7 Å². The summed E-state index contributed by atoms with van der Waals surface area (Å²) < 4.78 is 4.98. The molecule has 3 nitrogen and oxygen atoms in total. The second-order valence-electron chi connectivity index (χ2n) is 6.48. The van der Waals surface area contributed by atoms with Crippen LogP contribution in [0.25, 0.3) is 0 Å². The Hall–Kier alpha value is -0.220. The molecule has 0 bridgehead atoms. The van der Waals surface area contributed by atoms with E-state index in [4.69, 9.17) is 4.74 Å². The zero-order valence-corrected chi connectivity index (χ0v) is 13.8. The van der Waals surface area contributed by atoms with Crippen LogP contribution in [0.4, 0.5) is 0 Å². The van der Waals surface area contributed by atoms with Gasteiger partial charge in [-0.15, -0.1) is 0 Å². The topological polar surface area (TPSA) is 38.3 Å². The summed E-state index contributed by atoms with van der Waals surface area (Å²) in [5.41, 5.74) is -0.478. The lowest BCUT2D eigenvalue weighted by Crippen LogP contribution is -2.51. The zero-order chi connectivity index (χ0) is 14.4. The smallest absolute Gasteiger partial charge is 0.325 e. The summed E-state index contributed by atoms with van der Waals surface area (Å²) in [5, 5.41) is 4.38. The van der Waals surface area contributed by atoms with E-state index in [1.807, 2.05) is 6.92 Å². The summed E-state index contributed by atoms with van der Waals surface area (Å²) in [7, 11) is 1.49. The number of hydrogen-bond donors (Lipinski definition) is 1. The molecule has 2 rings (SSSR count). The molecular formula is C16H29NO2S. The zero-order valence-electron chi connectivity index (χ0n) is 13.0. The van der Waals surface area contributed by atoms with Crippen molar-refractivity contribution in [3.8, 4) is 0 Å². The van der Waals surface area contributed by atoms with E-state index >= 15 is 0 Å². The van der Waals surface area contributed by atoms with Crippen molar-refractivity contribution in [3.05, 3.63) is 0 Å². The Morgan fingerprint density at radius 2 is 1.95 bits per heavy atom. The molecule has 1 atom stereocenters. The third kappa shape index (κ3) is 4.96. The highest BCUT2D eigenvalue weighted by molar-refractivity contribution is 7.99. The molecule has 0 aromatic heterocycles. The lowest BCUT2D eigenvalue weighted by molar-refractivity contribution is -0.148. The van der Waals surface area contributed by atoms with E-state index in [1.54, 1.807) is 0 Å². The normalized spacial score (nSPS) is 22.7. The molecule has 0 aliphatic heterocycles. The highest BCUT2D eigenvalue weighted by atomic mass is 32.2. The number of carbonyl (C=O) groups excluding carboxylic acids is 1. The SMILES string of the molecule is COC(=O)C(C)(CCCCSC1CCCC1)NC1CC1. The molecule has 0 aromatic carbocycles. The van der Waals surface area contributed by atoms with Crippen LogP contribution in [0.15, 0.2) is 0 Å². The first kappa shape index (κ1) is 16.2. The van der Waals surface area contributed by atoms with E-state index in [0.29, 0.717) is 6.04 Å². The van der Waals surface area contributed by atoms with E-state index in [-0.39, 0.29) is 5.97 Å². The molecule has 116 valence electrons. The molecule has 2 aliphatic rings. The fraction of sp³-hybridized carbons (Fsp3) is 0.938. The van der Waals surface area contributed by atoms with Crippen LogP contribution in [0, 0.1) is 0 Å². The number of rotatable bonds is 9. The highest BCUT2D eigenvalue weighted by Crippen LogP contribution is 2.31. The Balaban J connectivity index is 1.64. The summed E-state index contributed by atoms with van der Waals surface area (Å²) in [6.07, 6.45) is 11.3. The monoisotopic (exact) mass is 299 g/mol. The number of carbonyl (C=O) groups is 1. The van der Waals surface area contributed by atoms with Crippen LogP contribution >= 0.6 is 11.8 Å². The lowest BCUT2D eigenvalue weighted by Gasteiger charge is -2.28. The van der Waals surface area contributed by atoms with Crippen molar-refractivity contribution in [3.63, 3.8) is 0 Å². The summed E-state index contributed by atoms with van der Waals surface area (Å²) in [4.78, 5) is 12.0. The molecule has 2 saturated carbocycles. The predicted octanol–water partition coefficient (Wildman–Crippen LogP) is 3.52. The van der Waals surface area contributed by atoms with Gasteiger partial charge in [-0.05, 0) is 51.2 Å². The van der Waals surface area contributed by atoms with Crippen LogP contribution in [0.1, 0.15) is 64.7 Å². The Kier molecular flexibility index (Phi) is 6.21. The summed E-state index contributed by atoms with van der Waals surface area (Å²) in [6.45, 7) is 2.00. The Morgan fingerprint density at radius 1 is 1.25 bits per heavy atom. The van der Waals surface area contributed by atoms with Gasteiger partial charge < -0.3 is 4.74 Å². The van der Waals surface area contributed by atoms with Gasteiger partial charge in [0.2, 0.25) is 0 Å². The van der Waals surface area contributed by atoms with Crippen molar-refractivity contribution in [2.24, 2.45) is 0 Å². The van der Waals surface area contributed by atoms with Crippen molar-refractivity contribution in [1.82, 2.24) is 5.32 Å². The van der Waals surface area contributed by atoms with Gasteiger partial charge in [0.05, 0.1) is 7.11 Å². The molecule has 0 amide bonds. The van der Waals surface area contributed by atoms with Gasteiger partial charge in [0.25, 0.3) is 0 Å². The Morgan fingerprint density at radius 3 is 2.55 bits per heavy atom. The number of ether oxygens (including phenoxy) is 1. The van der Waals surface area contributed by atoms with Crippen molar-refractivity contribution in [2.75, 3.05) is 12.9 Å². The number of unbranched alkanes of at least 4 members (excludes halogenated alkanes) is 1. The van der Waals surface area contributed by atoms with Crippen LogP contribution < -0.4 is 5.32 Å². The van der Waals surface area contributed by atoms with Crippen molar-refractivity contribution < 1.29 is 9.53 Å². The molecule has 0 saturated heterocycles. The quantitative estimate of drug-likeness (QED) is 0.522. The molecule has 4 heteroatoms. The highest BCUT2D eigenvalue weighted by Gasteiger charge is 2.38. The maximum absolute atomic E-state index is 12.0. The van der Waals surface area contributed by atoms with E-state index in [1.165, 1.54) is 57.8 Å². The van der Waals surface area contributed by atoms with Crippen LogP contribution in [0.5, 0.6) is 0 Å². The molecule has 2 aliphatic carbocycles. The minimum absolute atomic E-state index is 0.104. The first-order valence-corrected chi connectivity index (χ1v) is 9.16. The molecule has 20 heavy (non-hydrogen) atoms. The number of nitrogens with one attached hydrogen (secondary N) is 1. The fourth-order valence-electron chi connectivity index (χ4n) is 3.02. The number of hydrogen-bond acceptors (Lipinski definition) is 4. The Bertz CT molecular complexity index is 314. The minimum Gasteiger partial charge on any atom is -0.468 e. The van der Waals surface area contributed by atoms with Gasteiger partial charge >= 0.3 is 5.97 Å². The van der Waals surface area contributed by atoms with Gasteiger partial charge in [-0.25, -0.2) is 0 Å². The maximum atomic E-state index is 12.0. The molecule has 1 N–H and O–H groups in total. The molecule has 0 radical (unpaired) electrons. The van der Waals surface area contributed by atoms with Crippen molar-refractivity contribution >= 4 is 17.7 Å². The van der Waals surface area contributed by atoms with Crippen LogP contribution in [-0.2, 0) is 9.53 Å². The van der Waals surface area contributed by atoms with E-state index in [2.05, 4.69) is 17.1 Å². The second kappa shape index (κ2) is 7.69. The van der Waals surface area contributed by atoms with Gasteiger partial charge in [0, 0.05) is 11.3 Å². The largest absolute Gasteiger partial charge is 0.468 e. The molecule has 1 unspecified atom stereocenters. The first-order chi connectivity index (χ1) is 9.64. The van der Waals surface area contributed by atoms with Crippen LogP contribution in [0.3, 0.4) is 0 Å². The number of thioether (sulfide) groups is 1. The predicted molar refractivity (Wildman–Crippen MR) is 85.1 cm³/mol. The standard InChI is InChI=1S/C16H29NO2S/c1-16(15(18)19-2,17-13-9-10-13)11-5-6-12-20-14-7-3-4-8-14/h13-14,17H,3-12H2,1-2H3. The number of esters is 1. The maximum Gasteiger partial charge on any atom is 0.325 e. The molecule has 0 aromatic rings. The molecule has 0 heterocycles. The fourth-order valence-corrected chi connectivity index (χ4v) is 4.39. The van der Waals surface area contributed by atoms with Gasteiger partial charge in [0.15, 0.2) is 0 Å². The van der Waals surface area contributed by atoms with Crippen LogP contribution in [0.2, 0.25) is 0 Å². The van der Waals surface area contributed by atoms with Crippen molar-refractivity contribution in [2.45, 2.75) is 81.5 Å². The molecule has 0 spiro atoms. The summed E-state index contributed by atoms with van der Waals surface area (Å²) >= 11 is 2.14. The summed E-state index contributed by atoms with van der Waals surface area (Å²) in [6, 6.07) is 0.534. The van der Waals surface area contributed by atoms with Gasteiger partial charge in [0.1, 0.15) is 5.54 Å². The van der Waals surface area contributed by atoms with Gasteiger partial charge in [-0.2, -0.15) is 11.8 Å². The third-order valence-corrected chi connectivity index (χ3v) is 5.93. The van der Waals surface area contributed by atoms with Gasteiger partial charge in [-0.1, -0.05) is 19.3 Å². The Labute approximate surface area is 127 Å². The summed E-state index contributed by atoms with van der Waals surface area (Å²) in [5.74, 6) is 1.14. The third-order valence-electron chi connectivity index (χ3n) is 4.46. The van der Waals surface area contributed by atoms with Crippen molar-refractivity contribution in [1.29, 1.82) is 0 Å². The second-order valence-corrected chi connectivity index (χ2v) is 7.88. The first-order valence-electron chi connectivity index (χ1n) is 8.12. The van der Waals surface area contributed by atoms with E-state index in [0.717, 1.165) is 18.1 Å². The average Bonchev–Trinajstić information content (AvgIpc) is 3.09. The lowest BCUT2D eigenvalue weighted by atomic mass is 9.95. The number of methoxy groups -OCH3 is 1. The van der Waals surface area contributed by atoms with Gasteiger partial charge in [-0.3, -0.25) is 10.1 Å². The van der Waals surface area contributed by atoms with E-state index < -0.39 is 5.54 Å².